The van der Waals surface area contributed by atoms with Crippen molar-refractivity contribution in [3.8, 4) is 0 Å². The highest BCUT2D eigenvalue weighted by molar-refractivity contribution is 5.34. The lowest BCUT2D eigenvalue weighted by atomic mass is 9.81. The molecule has 0 amide bonds. The second-order valence-electron chi connectivity index (χ2n) is 6.35. The Morgan fingerprint density at radius 1 is 1.05 bits per heavy atom. The van der Waals surface area contributed by atoms with Crippen molar-refractivity contribution in [1.82, 2.24) is 5.32 Å². The largest absolute Gasteiger partial charge is 0.313 e. The molecular weight excluding hydrogens is 249 g/mol. The van der Waals surface area contributed by atoms with Crippen LogP contribution in [0.5, 0.6) is 0 Å². The van der Waals surface area contributed by atoms with Gasteiger partial charge < -0.3 is 5.32 Å². The van der Waals surface area contributed by atoms with Crippen LogP contribution >= 0.6 is 0 Å². The SMILES string of the molecule is CNC(c1c(C)cc(C)cc1F)C1CCCCCCC1. The summed E-state index contributed by atoms with van der Waals surface area (Å²) < 4.78 is 14.4. The number of rotatable bonds is 3. The normalized spacial score (nSPS) is 19.4. The molecular formula is C18H28FN. The van der Waals surface area contributed by atoms with E-state index in [1.54, 1.807) is 6.07 Å². The highest BCUT2D eigenvalue weighted by Crippen LogP contribution is 2.35. The minimum atomic E-state index is -0.0380. The van der Waals surface area contributed by atoms with Crippen LogP contribution in [0.1, 0.15) is 67.7 Å². The van der Waals surface area contributed by atoms with E-state index in [2.05, 4.69) is 11.4 Å². The van der Waals surface area contributed by atoms with Gasteiger partial charge in [-0.05, 0) is 56.8 Å². The Labute approximate surface area is 123 Å². The lowest BCUT2D eigenvalue weighted by Gasteiger charge is -2.30. The molecule has 0 aliphatic heterocycles. The van der Waals surface area contributed by atoms with Crippen molar-refractivity contribution >= 4 is 0 Å². The molecule has 20 heavy (non-hydrogen) atoms. The van der Waals surface area contributed by atoms with Gasteiger partial charge in [-0.15, -0.1) is 0 Å². The van der Waals surface area contributed by atoms with Crippen LogP contribution in [0.4, 0.5) is 4.39 Å². The molecule has 0 heterocycles. The molecule has 1 nitrogen and oxygen atoms in total. The standard InChI is InChI=1S/C18H28FN/c1-13-11-14(2)17(16(19)12-13)18(20-3)15-9-7-5-4-6-8-10-15/h11-12,15,18,20H,4-10H2,1-3H3. The molecule has 2 heteroatoms. The third-order valence-corrected chi connectivity index (χ3v) is 4.72. The van der Waals surface area contributed by atoms with Gasteiger partial charge in [-0.3, -0.25) is 0 Å². The van der Waals surface area contributed by atoms with Crippen LogP contribution in [0.2, 0.25) is 0 Å². The summed E-state index contributed by atoms with van der Waals surface area (Å²) in [5, 5.41) is 3.40. The predicted molar refractivity (Wildman–Crippen MR) is 83.5 cm³/mol. The first-order valence-electron chi connectivity index (χ1n) is 8.07. The molecule has 0 spiro atoms. The second-order valence-corrected chi connectivity index (χ2v) is 6.35. The van der Waals surface area contributed by atoms with Crippen molar-refractivity contribution in [2.24, 2.45) is 5.92 Å². The molecule has 1 atom stereocenters. The number of aryl methyl sites for hydroxylation is 2. The molecule has 1 fully saturated rings. The summed E-state index contributed by atoms with van der Waals surface area (Å²) in [7, 11) is 1.97. The van der Waals surface area contributed by atoms with Crippen LogP contribution in [-0.2, 0) is 0 Å². The van der Waals surface area contributed by atoms with Gasteiger partial charge >= 0.3 is 0 Å². The molecule has 0 radical (unpaired) electrons. The topological polar surface area (TPSA) is 12.0 Å². The second kappa shape index (κ2) is 7.21. The average molecular weight is 277 g/mol. The Hall–Kier alpha value is -0.890. The predicted octanol–water partition coefficient (Wildman–Crippen LogP) is 5.06. The monoisotopic (exact) mass is 277 g/mol. The molecule has 112 valence electrons. The van der Waals surface area contributed by atoms with Crippen LogP contribution in [0.3, 0.4) is 0 Å². The summed E-state index contributed by atoms with van der Waals surface area (Å²) >= 11 is 0. The third kappa shape index (κ3) is 3.60. The quantitative estimate of drug-likeness (QED) is 0.814. The fraction of sp³-hybridized carbons (Fsp3) is 0.667. The molecule has 0 saturated heterocycles. The minimum Gasteiger partial charge on any atom is -0.313 e. The Kier molecular flexibility index (Phi) is 5.59. The van der Waals surface area contributed by atoms with E-state index in [0.29, 0.717) is 5.92 Å². The van der Waals surface area contributed by atoms with Gasteiger partial charge in [-0.1, -0.05) is 38.2 Å². The maximum absolute atomic E-state index is 14.4. The summed E-state index contributed by atoms with van der Waals surface area (Å²) in [6, 6.07) is 3.94. The summed E-state index contributed by atoms with van der Waals surface area (Å²) in [4.78, 5) is 0. The van der Waals surface area contributed by atoms with Gasteiger partial charge in [0.1, 0.15) is 5.82 Å². The van der Waals surface area contributed by atoms with E-state index >= 15 is 0 Å². The van der Waals surface area contributed by atoms with E-state index in [9.17, 15) is 4.39 Å². The van der Waals surface area contributed by atoms with Crippen molar-refractivity contribution in [2.45, 2.75) is 64.8 Å². The zero-order valence-electron chi connectivity index (χ0n) is 13.1. The van der Waals surface area contributed by atoms with Crippen molar-refractivity contribution in [3.63, 3.8) is 0 Å². The van der Waals surface area contributed by atoms with E-state index in [1.807, 2.05) is 20.9 Å². The number of hydrogen-bond acceptors (Lipinski definition) is 1. The van der Waals surface area contributed by atoms with Crippen LogP contribution < -0.4 is 5.32 Å². The van der Waals surface area contributed by atoms with E-state index in [-0.39, 0.29) is 11.9 Å². The summed E-state index contributed by atoms with van der Waals surface area (Å²) in [5.41, 5.74) is 2.99. The van der Waals surface area contributed by atoms with Crippen molar-refractivity contribution in [3.05, 3.63) is 34.6 Å². The molecule has 1 aliphatic rings. The number of halogens is 1. The summed E-state index contributed by atoms with van der Waals surface area (Å²) in [6.45, 7) is 4.00. The Morgan fingerprint density at radius 3 is 2.20 bits per heavy atom. The highest BCUT2D eigenvalue weighted by atomic mass is 19.1. The lowest BCUT2D eigenvalue weighted by molar-refractivity contribution is 0.293. The van der Waals surface area contributed by atoms with Crippen LogP contribution in [0, 0.1) is 25.6 Å². The maximum atomic E-state index is 14.4. The molecule has 1 unspecified atom stereocenters. The maximum Gasteiger partial charge on any atom is 0.128 e. The Morgan fingerprint density at radius 2 is 1.65 bits per heavy atom. The lowest BCUT2D eigenvalue weighted by Crippen LogP contribution is -2.27. The minimum absolute atomic E-state index is 0.0380. The molecule has 0 bridgehead atoms. The molecule has 1 saturated carbocycles. The molecule has 1 aromatic rings. The molecule has 1 aromatic carbocycles. The van der Waals surface area contributed by atoms with Crippen LogP contribution in [0.15, 0.2) is 12.1 Å². The Bertz CT molecular complexity index is 410. The fourth-order valence-corrected chi connectivity index (χ4v) is 3.76. The fourth-order valence-electron chi connectivity index (χ4n) is 3.76. The van der Waals surface area contributed by atoms with Gasteiger partial charge in [0, 0.05) is 11.6 Å². The van der Waals surface area contributed by atoms with Gasteiger partial charge in [-0.25, -0.2) is 4.39 Å². The first-order valence-corrected chi connectivity index (χ1v) is 8.07. The van der Waals surface area contributed by atoms with Gasteiger partial charge in [0.05, 0.1) is 0 Å². The average Bonchev–Trinajstić information content (AvgIpc) is 2.34. The van der Waals surface area contributed by atoms with Crippen LogP contribution in [-0.4, -0.2) is 7.05 Å². The number of hydrogen-bond donors (Lipinski definition) is 1. The van der Waals surface area contributed by atoms with E-state index in [0.717, 1.165) is 16.7 Å². The van der Waals surface area contributed by atoms with Crippen LogP contribution in [0.25, 0.3) is 0 Å². The molecule has 0 aromatic heterocycles. The zero-order valence-corrected chi connectivity index (χ0v) is 13.1. The van der Waals surface area contributed by atoms with E-state index in [1.165, 1.54) is 44.9 Å². The van der Waals surface area contributed by atoms with Crippen molar-refractivity contribution in [1.29, 1.82) is 0 Å². The van der Waals surface area contributed by atoms with Crippen molar-refractivity contribution < 1.29 is 4.39 Å². The molecule has 1 N–H and O–H groups in total. The highest BCUT2D eigenvalue weighted by Gasteiger charge is 2.26. The van der Waals surface area contributed by atoms with E-state index < -0.39 is 0 Å². The number of nitrogens with one attached hydrogen (secondary N) is 1. The zero-order chi connectivity index (χ0) is 14.5. The Balaban J connectivity index is 2.26. The number of benzene rings is 1. The summed E-state index contributed by atoms with van der Waals surface area (Å²) in [5.74, 6) is 0.528. The first kappa shape index (κ1) is 15.5. The van der Waals surface area contributed by atoms with Crippen molar-refractivity contribution in [2.75, 3.05) is 7.05 Å². The smallest absolute Gasteiger partial charge is 0.128 e. The molecule has 1 aliphatic carbocycles. The van der Waals surface area contributed by atoms with E-state index in [4.69, 9.17) is 0 Å². The summed E-state index contributed by atoms with van der Waals surface area (Å²) in [6.07, 6.45) is 9.06. The third-order valence-electron chi connectivity index (χ3n) is 4.72. The van der Waals surface area contributed by atoms with Gasteiger partial charge in [0.25, 0.3) is 0 Å². The first-order chi connectivity index (χ1) is 9.63. The van der Waals surface area contributed by atoms with Gasteiger partial charge in [-0.2, -0.15) is 0 Å². The molecule has 2 rings (SSSR count). The van der Waals surface area contributed by atoms with Gasteiger partial charge in [0.2, 0.25) is 0 Å². The van der Waals surface area contributed by atoms with Gasteiger partial charge in [0.15, 0.2) is 0 Å².